The standard InChI is InChI=1S/C35H32N4O3S/c1-5-42-29-18-16-25(17-19-29)32-31(33(40)37-27-12-8-6-9-13-27)23(3)36-35-39(32)34(41)30(43-35)21-26-20-22(2)38(24(26)4)28-14-10-7-11-15-28/h6-21,32H,5H2,1-4H3,(H,37,40)/b30-21-/t32-/m1/s1. The molecule has 3 heterocycles. The summed E-state index contributed by atoms with van der Waals surface area (Å²) >= 11 is 1.34. The first-order valence-electron chi connectivity index (χ1n) is 14.2. The molecule has 1 amide bonds. The van der Waals surface area contributed by atoms with Gasteiger partial charge < -0.3 is 14.6 Å². The minimum Gasteiger partial charge on any atom is -0.494 e. The van der Waals surface area contributed by atoms with Crippen molar-refractivity contribution in [2.75, 3.05) is 11.9 Å². The van der Waals surface area contributed by atoms with Gasteiger partial charge in [-0.15, -0.1) is 0 Å². The number of allylic oxidation sites excluding steroid dienone is 1. The maximum Gasteiger partial charge on any atom is 0.271 e. The average Bonchev–Trinajstić information content (AvgIpc) is 3.47. The van der Waals surface area contributed by atoms with Crippen molar-refractivity contribution in [3.63, 3.8) is 0 Å². The molecule has 8 heteroatoms. The van der Waals surface area contributed by atoms with Gasteiger partial charge in [-0.25, -0.2) is 4.99 Å². The number of hydrogen-bond donors (Lipinski definition) is 1. The predicted octanol–water partition coefficient (Wildman–Crippen LogP) is 5.68. The molecule has 1 N–H and O–H groups in total. The number of benzene rings is 3. The number of aryl methyl sites for hydroxylation is 1. The molecule has 2 aromatic heterocycles. The minimum atomic E-state index is -0.658. The van der Waals surface area contributed by atoms with Gasteiger partial charge in [0.25, 0.3) is 11.5 Å². The van der Waals surface area contributed by atoms with Crippen LogP contribution in [0, 0.1) is 13.8 Å². The molecule has 0 bridgehead atoms. The highest BCUT2D eigenvalue weighted by atomic mass is 32.1. The number of hydrogen-bond acceptors (Lipinski definition) is 5. The number of amides is 1. The molecule has 43 heavy (non-hydrogen) atoms. The van der Waals surface area contributed by atoms with Crippen molar-refractivity contribution in [1.29, 1.82) is 0 Å². The maximum atomic E-state index is 14.2. The Labute approximate surface area is 253 Å². The van der Waals surface area contributed by atoms with Crippen LogP contribution in [0.2, 0.25) is 0 Å². The molecule has 0 saturated carbocycles. The summed E-state index contributed by atoms with van der Waals surface area (Å²) in [7, 11) is 0. The largest absolute Gasteiger partial charge is 0.494 e. The van der Waals surface area contributed by atoms with E-state index in [1.54, 1.807) is 4.57 Å². The number of fused-ring (bicyclic) bond motifs is 1. The molecule has 0 spiro atoms. The summed E-state index contributed by atoms with van der Waals surface area (Å²) in [5.74, 6) is 0.426. The fourth-order valence-electron chi connectivity index (χ4n) is 5.61. The zero-order valence-corrected chi connectivity index (χ0v) is 25.3. The van der Waals surface area contributed by atoms with Gasteiger partial charge in [0, 0.05) is 22.8 Å². The van der Waals surface area contributed by atoms with Gasteiger partial charge in [-0.1, -0.05) is 59.9 Å². The van der Waals surface area contributed by atoms with Crippen LogP contribution in [0.5, 0.6) is 5.75 Å². The number of rotatable bonds is 7. The van der Waals surface area contributed by atoms with Crippen molar-refractivity contribution in [2.24, 2.45) is 4.99 Å². The number of nitrogens with one attached hydrogen (secondary N) is 1. The lowest BCUT2D eigenvalue weighted by atomic mass is 9.95. The van der Waals surface area contributed by atoms with Crippen LogP contribution < -0.4 is 24.9 Å². The fraction of sp³-hybridized carbons (Fsp3) is 0.171. The van der Waals surface area contributed by atoms with Gasteiger partial charge in [-0.05, 0) is 87.4 Å². The highest BCUT2D eigenvalue weighted by molar-refractivity contribution is 7.07. The molecule has 0 fully saturated rings. The normalized spacial score (nSPS) is 14.8. The van der Waals surface area contributed by atoms with E-state index < -0.39 is 6.04 Å². The van der Waals surface area contributed by atoms with Crippen molar-refractivity contribution in [3.05, 3.63) is 144 Å². The van der Waals surface area contributed by atoms with E-state index in [0.717, 1.165) is 34.0 Å². The summed E-state index contributed by atoms with van der Waals surface area (Å²) in [4.78, 5) is 33.3. The van der Waals surface area contributed by atoms with Gasteiger partial charge in [0.1, 0.15) is 5.75 Å². The van der Waals surface area contributed by atoms with E-state index in [2.05, 4.69) is 41.9 Å². The third kappa shape index (κ3) is 5.37. The maximum absolute atomic E-state index is 14.2. The topological polar surface area (TPSA) is 77.6 Å². The predicted molar refractivity (Wildman–Crippen MR) is 172 cm³/mol. The molecule has 7 nitrogen and oxygen atoms in total. The third-order valence-electron chi connectivity index (χ3n) is 7.58. The molecule has 0 unspecified atom stereocenters. The van der Waals surface area contributed by atoms with Crippen LogP contribution in [0.1, 0.15) is 42.4 Å². The quantitative estimate of drug-likeness (QED) is 0.266. The summed E-state index contributed by atoms with van der Waals surface area (Å²) in [6, 6.07) is 28.5. The Bertz CT molecular complexity index is 2020. The van der Waals surface area contributed by atoms with Crippen LogP contribution in [0.15, 0.2) is 112 Å². The number of para-hydroxylation sites is 2. The molecule has 1 atom stereocenters. The molecule has 0 radical (unpaired) electrons. The van der Waals surface area contributed by atoms with Crippen molar-refractivity contribution >= 4 is 29.0 Å². The van der Waals surface area contributed by atoms with Crippen molar-refractivity contribution < 1.29 is 9.53 Å². The van der Waals surface area contributed by atoms with Crippen LogP contribution in [0.3, 0.4) is 0 Å². The monoisotopic (exact) mass is 588 g/mol. The second-order valence-electron chi connectivity index (χ2n) is 10.4. The number of anilines is 1. The number of aromatic nitrogens is 2. The molecule has 1 aliphatic heterocycles. The summed E-state index contributed by atoms with van der Waals surface area (Å²) in [5.41, 5.74) is 6.42. The Morgan fingerprint density at radius 1 is 0.977 bits per heavy atom. The summed E-state index contributed by atoms with van der Waals surface area (Å²) < 4.78 is 10.0. The molecular weight excluding hydrogens is 556 g/mol. The van der Waals surface area contributed by atoms with E-state index in [4.69, 9.17) is 9.73 Å². The first kappa shape index (κ1) is 28.2. The van der Waals surface area contributed by atoms with Gasteiger partial charge in [-0.2, -0.15) is 0 Å². The third-order valence-corrected chi connectivity index (χ3v) is 8.56. The molecule has 0 aliphatic carbocycles. The van der Waals surface area contributed by atoms with Gasteiger partial charge in [0.15, 0.2) is 4.80 Å². The van der Waals surface area contributed by atoms with E-state index in [-0.39, 0.29) is 11.5 Å². The Hall–Kier alpha value is -4.95. The molecule has 3 aromatic carbocycles. The molecule has 5 aromatic rings. The SMILES string of the molecule is CCOc1ccc([C@@H]2C(C(=O)Nc3ccccc3)=C(C)N=c3s/c(=C\c4cc(C)n(-c5ccccc5)c4C)c(=O)n32)cc1. The van der Waals surface area contributed by atoms with Gasteiger partial charge in [0.2, 0.25) is 0 Å². The lowest BCUT2D eigenvalue weighted by Crippen LogP contribution is -2.40. The highest BCUT2D eigenvalue weighted by Crippen LogP contribution is 2.32. The van der Waals surface area contributed by atoms with E-state index in [1.165, 1.54) is 11.3 Å². The fourth-order valence-corrected chi connectivity index (χ4v) is 6.65. The average molecular weight is 589 g/mol. The molecule has 216 valence electrons. The van der Waals surface area contributed by atoms with Gasteiger partial charge >= 0.3 is 0 Å². The second kappa shape index (κ2) is 11.7. The van der Waals surface area contributed by atoms with Crippen LogP contribution in [0.25, 0.3) is 11.8 Å². The van der Waals surface area contributed by atoms with E-state index in [1.807, 2.05) is 92.7 Å². The number of carbonyl (C=O) groups excluding carboxylic acids is 1. The zero-order chi connectivity index (χ0) is 30.1. The van der Waals surface area contributed by atoms with Gasteiger partial charge in [-0.3, -0.25) is 14.2 Å². The number of nitrogens with zero attached hydrogens (tertiary/aromatic N) is 3. The Morgan fingerprint density at radius 3 is 2.33 bits per heavy atom. The Morgan fingerprint density at radius 2 is 1.65 bits per heavy atom. The van der Waals surface area contributed by atoms with E-state index in [0.29, 0.717) is 32.9 Å². The summed E-state index contributed by atoms with van der Waals surface area (Å²) in [5, 5.41) is 3.00. The molecular formula is C35H32N4O3S. The zero-order valence-electron chi connectivity index (χ0n) is 24.5. The first-order chi connectivity index (χ1) is 20.9. The van der Waals surface area contributed by atoms with Crippen LogP contribution >= 0.6 is 11.3 Å². The van der Waals surface area contributed by atoms with Crippen molar-refractivity contribution in [2.45, 2.75) is 33.7 Å². The lowest BCUT2D eigenvalue weighted by molar-refractivity contribution is -0.113. The number of ether oxygens (including phenoxy) is 1. The second-order valence-corrected chi connectivity index (χ2v) is 11.4. The minimum absolute atomic E-state index is 0.190. The molecule has 1 aliphatic rings. The van der Waals surface area contributed by atoms with Gasteiger partial charge in [0.05, 0.1) is 28.5 Å². The lowest BCUT2D eigenvalue weighted by Gasteiger charge is -2.25. The van der Waals surface area contributed by atoms with Crippen molar-refractivity contribution in [1.82, 2.24) is 9.13 Å². The molecule has 6 rings (SSSR count). The summed E-state index contributed by atoms with van der Waals surface area (Å²) in [6.45, 7) is 8.42. The first-order valence-corrected chi connectivity index (χ1v) is 15.0. The Balaban J connectivity index is 1.49. The highest BCUT2D eigenvalue weighted by Gasteiger charge is 2.32. The number of thiazole rings is 1. The smallest absolute Gasteiger partial charge is 0.271 e. The summed E-state index contributed by atoms with van der Waals surface area (Å²) in [6.07, 6.45) is 1.93. The Kier molecular flexibility index (Phi) is 7.69. The van der Waals surface area contributed by atoms with Crippen LogP contribution in [-0.2, 0) is 4.79 Å². The van der Waals surface area contributed by atoms with Crippen LogP contribution in [-0.4, -0.2) is 21.6 Å². The molecule has 0 saturated heterocycles. The number of carbonyl (C=O) groups is 1. The van der Waals surface area contributed by atoms with Crippen molar-refractivity contribution in [3.8, 4) is 11.4 Å². The van der Waals surface area contributed by atoms with Crippen LogP contribution in [0.4, 0.5) is 5.69 Å². The van der Waals surface area contributed by atoms with E-state index >= 15 is 0 Å². The van der Waals surface area contributed by atoms with E-state index in [9.17, 15) is 9.59 Å².